The Bertz CT molecular complexity index is 806. The summed E-state index contributed by atoms with van der Waals surface area (Å²) in [7, 11) is 0. The molecule has 0 bridgehead atoms. The number of benzene rings is 2. The van der Waals surface area contributed by atoms with Gasteiger partial charge in [0.25, 0.3) is 0 Å². The Morgan fingerprint density at radius 3 is 2.46 bits per heavy atom. The summed E-state index contributed by atoms with van der Waals surface area (Å²) in [4.78, 5) is 26.3. The lowest BCUT2D eigenvalue weighted by Crippen LogP contribution is -2.39. The van der Waals surface area contributed by atoms with E-state index in [-0.39, 0.29) is 12.5 Å². The molecule has 1 fully saturated rings. The number of carbonyl (C=O) groups excluding carboxylic acids is 2. The minimum atomic E-state index is -0.527. The normalized spacial score (nSPS) is 16.5. The number of halogens is 1. The van der Waals surface area contributed by atoms with Crippen molar-refractivity contribution in [1.82, 2.24) is 4.90 Å². The van der Waals surface area contributed by atoms with E-state index in [4.69, 9.17) is 16.3 Å². The largest absolute Gasteiger partial charge is 0.444 e. The van der Waals surface area contributed by atoms with Crippen molar-refractivity contribution >= 4 is 29.3 Å². The van der Waals surface area contributed by atoms with Gasteiger partial charge in [0.05, 0.1) is 6.42 Å². The molecule has 1 unspecified atom stereocenters. The summed E-state index contributed by atoms with van der Waals surface area (Å²) >= 11 is 5.83. The number of rotatable bonds is 5. The van der Waals surface area contributed by atoms with Crippen LogP contribution in [0.1, 0.15) is 30.9 Å². The van der Waals surface area contributed by atoms with E-state index >= 15 is 0 Å². The number of carbonyl (C=O) groups is 2. The maximum atomic E-state index is 12.4. The van der Waals surface area contributed by atoms with Crippen molar-refractivity contribution in [3.63, 3.8) is 0 Å². The molecule has 1 heterocycles. The minimum Gasteiger partial charge on any atom is -0.444 e. The van der Waals surface area contributed by atoms with Crippen LogP contribution in [0.25, 0.3) is 0 Å². The summed E-state index contributed by atoms with van der Waals surface area (Å²) in [6.07, 6.45) is 2.13. The van der Waals surface area contributed by atoms with Gasteiger partial charge >= 0.3 is 6.09 Å². The van der Waals surface area contributed by atoms with Gasteiger partial charge in [-0.3, -0.25) is 10.1 Å². The lowest BCUT2D eigenvalue weighted by Gasteiger charge is -2.31. The van der Waals surface area contributed by atoms with E-state index in [0.717, 1.165) is 30.6 Å². The Morgan fingerprint density at radius 1 is 1.11 bits per heavy atom. The van der Waals surface area contributed by atoms with Crippen molar-refractivity contribution in [2.24, 2.45) is 5.92 Å². The van der Waals surface area contributed by atoms with E-state index in [9.17, 15) is 9.59 Å². The zero-order chi connectivity index (χ0) is 19.9. The molecule has 1 aliphatic rings. The third-order valence-electron chi connectivity index (χ3n) is 4.85. The Hall–Kier alpha value is -2.53. The standard InChI is InChI=1S/C22H25ClN2O3/c1-16-3-2-12-25(14-16)21(26)13-17-6-10-20(11-7-17)24-22(27)28-15-18-4-8-19(23)9-5-18/h4-11,16H,2-3,12-15H2,1H3,(H,24,27). The van der Waals surface area contributed by atoms with Gasteiger partial charge in [-0.25, -0.2) is 4.79 Å². The average molecular weight is 401 g/mol. The molecule has 0 spiro atoms. The molecule has 2 aromatic rings. The van der Waals surface area contributed by atoms with Crippen molar-refractivity contribution in [3.05, 3.63) is 64.7 Å². The molecule has 2 amide bonds. The molecular weight excluding hydrogens is 376 g/mol. The highest BCUT2D eigenvalue weighted by molar-refractivity contribution is 6.30. The van der Waals surface area contributed by atoms with Gasteiger partial charge in [-0.05, 0) is 54.2 Å². The van der Waals surface area contributed by atoms with E-state index < -0.39 is 6.09 Å². The molecule has 0 saturated carbocycles. The molecule has 0 aromatic heterocycles. The molecule has 0 aliphatic carbocycles. The van der Waals surface area contributed by atoms with Gasteiger partial charge in [0.1, 0.15) is 6.61 Å². The van der Waals surface area contributed by atoms with Gasteiger partial charge in [-0.1, -0.05) is 42.8 Å². The Kier molecular flexibility index (Phi) is 6.93. The first-order valence-corrected chi connectivity index (χ1v) is 9.92. The summed E-state index contributed by atoms with van der Waals surface area (Å²) < 4.78 is 5.20. The van der Waals surface area contributed by atoms with E-state index in [2.05, 4.69) is 12.2 Å². The van der Waals surface area contributed by atoms with Crippen molar-refractivity contribution in [2.75, 3.05) is 18.4 Å². The molecule has 5 nitrogen and oxygen atoms in total. The summed E-state index contributed by atoms with van der Waals surface area (Å²) in [5, 5.41) is 3.33. The second-order valence-electron chi connectivity index (χ2n) is 7.29. The highest BCUT2D eigenvalue weighted by Crippen LogP contribution is 2.18. The van der Waals surface area contributed by atoms with Crippen molar-refractivity contribution in [1.29, 1.82) is 0 Å². The van der Waals surface area contributed by atoms with Crippen LogP contribution in [0.4, 0.5) is 10.5 Å². The topological polar surface area (TPSA) is 58.6 Å². The van der Waals surface area contributed by atoms with E-state index in [1.54, 1.807) is 24.3 Å². The van der Waals surface area contributed by atoms with Gasteiger partial charge in [0.2, 0.25) is 5.91 Å². The number of likely N-dealkylation sites (tertiary alicyclic amines) is 1. The number of nitrogens with zero attached hydrogens (tertiary/aromatic N) is 1. The molecule has 3 rings (SSSR count). The zero-order valence-electron chi connectivity index (χ0n) is 16.0. The molecule has 148 valence electrons. The number of nitrogens with one attached hydrogen (secondary N) is 1. The number of amides is 2. The van der Waals surface area contributed by atoms with Gasteiger partial charge in [-0.15, -0.1) is 0 Å². The molecular formula is C22H25ClN2O3. The second-order valence-corrected chi connectivity index (χ2v) is 7.72. The number of hydrogen-bond acceptors (Lipinski definition) is 3. The Morgan fingerprint density at radius 2 is 1.79 bits per heavy atom. The van der Waals surface area contributed by atoms with Crippen LogP contribution in [0.15, 0.2) is 48.5 Å². The van der Waals surface area contributed by atoms with E-state index in [1.807, 2.05) is 29.2 Å². The fraction of sp³-hybridized carbons (Fsp3) is 0.364. The molecule has 6 heteroatoms. The summed E-state index contributed by atoms with van der Waals surface area (Å²) in [6, 6.07) is 14.4. The highest BCUT2D eigenvalue weighted by Gasteiger charge is 2.20. The quantitative estimate of drug-likeness (QED) is 0.777. The van der Waals surface area contributed by atoms with Gasteiger partial charge in [-0.2, -0.15) is 0 Å². The molecule has 1 aliphatic heterocycles. The molecule has 28 heavy (non-hydrogen) atoms. The van der Waals surface area contributed by atoms with Crippen molar-refractivity contribution < 1.29 is 14.3 Å². The number of hydrogen-bond donors (Lipinski definition) is 1. The fourth-order valence-electron chi connectivity index (χ4n) is 3.29. The van der Waals surface area contributed by atoms with E-state index in [1.165, 1.54) is 6.42 Å². The predicted octanol–water partition coefficient (Wildman–Crippen LogP) is 4.89. The molecule has 0 radical (unpaired) electrons. The van der Waals surface area contributed by atoms with Gasteiger partial charge in [0.15, 0.2) is 0 Å². The summed E-state index contributed by atoms with van der Waals surface area (Å²) in [6.45, 7) is 4.05. The first-order chi connectivity index (χ1) is 13.5. The van der Waals surface area contributed by atoms with Crippen LogP contribution in [0.2, 0.25) is 5.02 Å². The summed E-state index contributed by atoms with van der Waals surface area (Å²) in [5.41, 5.74) is 2.42. The van der Waals surface area contributed by atoms with Crippen LogP contribution in [0.5, 0.6) is 0 Å². The minimum absolute atomic E-state index is 0.162. The zero-order valence-corrected chi connectivity index (χ0v) is 16.7. The summed E-state index contributed by atoms with van der Waals surface area (Å²) in [5.74, 6) is 0.734. The molecule has 1 atom stereocenters. The lowest BCUT2D eigenvalue weighted by molar-refractivity contribution is -0.132. The molecule has 2 aromatic carbocycles. The number of ether oxygens (including phenoxy) is 1. The van der Waals surface area contributed by atoms with Crippen LogP contribution in [-0.2, 0) is 22.6 Å². The van der Waals surface area contributed by atoms with Crippen LogP contribution in [0.3, 0.4) is 0 Å². The third kappa shape index (κ3) is 5.99. The molecule has 1 N–H and O–H groups in total. The van der Waals surface area contributed by atoms with Crippen LogP contribution < -0.4 is 5.32 Å². The lowest BCUT2D eigenvalue weighted by atomic mass is 9.99. The maximum Gasteiger partial charge on any atom is 0.411 e. The second kappa shape index (κ2) is 9.60. The highest BCUT2D eigenvalue weighted by atomic mass is 35.5. The smallest absolute Gasteiger partial charge is 0.411 e. The maximum absolute atomic E-state index is 12.4. The van der Waals surface area contributed by atoms with Crippen LogP contribution in [0, 0.1) is 5.92 Å². The first kappa shape index (κ1) is 20.2. The van der Waals surface area contributed by atoms with Crippen molar-refractivity contribution in [3.8, 4) is 0 Å². The van der Waals surface area contributed by atoms with Crippen LogP contribution >= 0.6 is 11.6 Å². The monoisotopic (exact) mass is 400 g/mol. The first-order valence-electron chi connectivity index (χ1n) is 9.54. The van der Waals surface area contributed by atoms with Gasteiger partial charge < -0.3 is 9.64 Å². The van der Waals surface area contributed by atoms with Crippen LogP contribution in [-0.4, -0.2) is 30.0 Å². The third-order valence-corrected chi connectivity index (χ3v) is 5.10. The molecule has 1 saturated heterocycles. The Balaban J connectivity index is 1.46. The Labute approximate surface area is 170 Å². The number of piperidine rings is 1. The van der Waals surface area contributed by atoms with Gasteiger partial charge in [0, 0.05) is 23.8 Å². The SMILES string of the molecule is CC1CCCN(C(=O)Cc2ccc(NC(=O)OCc3ccc(Cl)cc3)cc2)C1. The van der Waals surface area contributed by atoms with E-state index in [0.29, 0.717) is 23.0 Å². The van der Waals surface area contributed by atoms with Crippen molar-refractivity contribution in [2.45, 2.75) is 32.8 Å². The average Bonchev–Trinajstić information content (AvgIpc) is 2.69. The number of anilines is 1. The fourth-order valence-corrected chi connectivity index (χ4v) is 3.42. The predicted molar refractivity (Wildman–Crippen MR) is 110 cm³/mol.